The van der Waals surface area contributed by atoms with Gasteiger partial charge < -0.3 is 14.8 Å². The van der Waals surface area contributed by atoms with Crippen LogP contribution in [0.1, 0.15) is 24.5 Å². The number of ether oxygens (including phenoxy) is 2. The SMILES string of the molecule is c1cc(-c2cnn3ccc(OCC4COC4)cc23)nc(C2CCCNC2)c1. The maximum Gasteiger partial charge on any atom is 0.123 e. The number of rotatable bonds is 5. The zero-order chi connectivity index (χ0) is 18.1. The third kappa shape index (κ3) is 3.42. The van der Waals surface area contributed by atoms with Gasteiger partial charge in [0.15, 0.2) is 0 Å². The van der Waals surface area contributed by atoms with Gasteiger partial charge in [0.25, 0.3) is 0 Å². The van der Waals surface area contributed by atoms with Crippen molar-refractivity contribution < 1.29 is 9.47 Å². The van der Waals surface area contributed by atoms with Gasteiger partial charge in [-0.1, -0.05) is 6.07 Å². The van der Waals surface area contributed by atoms with Crippen LogP contribution in [0, 0.1) is 5.92 Å². The molecular formula is C21H24N4O2. The van der Waals surface area contributed by atoms with E-state index in [1.165, 1.54) is 12.8 Å². The standard InChI is InChI=1S/C21H24N4O2/c1-4-19(16-3-2-7-22-10-16)24-20(5-1)18-11-23-25-8-6-17(9-21(18)25)27-14-15-12-26-13-15/h1,4-6,8-9,11,15-16,22H,2-3,7,10,12-14H2. The Kier molecular flexibility index (Phi) is 4.51. The highest BCUT2D eigenvalue weighted by Gasteiger charge is 2.20. The number of nitrogens with zero attached hydrogens (tertiary/aromatic N) is 3. The fourth-order valence-electron chi connectivity index (χ4n) is 3.78. The molecule has 3 aromatic heterocycles. The van der Waals surface area contributed by atoms with Crippen molar-refractivity contribution in [2.24, 2.45) is 5.92 Å². The highest BCUT2D eigenvalue weighted by atomic mass is 16.5. The number of hydrogen-bond donors (Lipinski definition) is 1. The van der Waals surface area contributed by atoms with Crippen LogP contribution >= 0.6 is 0 Å². The summed E-state index contributed by atoms with van der Waals surface area (Å²) >= 11 is 0. The van der Waals surface area contributed by atoms with Gasteiger partial charge in [-0.2, -0.15) is 5.10 Å². The Morgan fingerprint density at radius 1 is 1.26 bits per heavy atom. The molecule has 0 radical (unpaired) electrons. The summed E-state index contributed by atoms with van der Waals surface area (Å²) in [6.45, 7) is 4.41. The summed E-state index contributed by atoms with van der Waals surface area (Å²) < 4.78 is 13.0. The lowest BCUT2D eigenvalue weighted by atomic mass is 9.95. The van der Waals surface area contributed by atoms with Gasteiger partial charge in [0.1, 0.15) is 5.75 Å². The van der Waals surface area contributed by atoms with Gasteiger partial charge >= 0.3 is 0 Å². The van der Waals surface area contributed by atoms with E-state index in [4.69, 9.17) is 14.5 Å². The van der Waals surface area contributed by atoms with E-state index in [9.17, 15) is 0 Å². The highest BCUT2D eigenvalue weighted by molar-refractivity contribution is 5.78. The fourth-order valence-corrected chi connectivity index (χ4v) is 3.78. The van der Waals surface area contributed by atoms with Crippen LogP contribution in [0.2, 0.25) is 0 Å². The molecule has 1 N–H and O–H groups in total. The van der Waals surface area contributed by atoms with E-state index in [1.807, 2.05) is 23.0 Å². The fraction of sp³-hybridized carbons (Fsp3) is 0.429. The first-order valence-corrected chi connectivity index (χ1v) is 9.73. The van der Waals surface area contributed by atoms with E-state index >= 15 is 0 Å². The summed E-state index contributed by atoms with van der Waals surface area (Å²) in [5.74, 6) is 1.86. The molecule has 0 amide bonds. The van der Waals surface area contributed by atoms with Crippen LogP contribution in [-0.2, 0) is 4.74 Å². The van der Waals surface area contributed by atoms with Gasteiger partial charge in [0, 0.05) is 41.9 Å². The van der Waals surface area contributed by atoms with Crippen LogP contribution in [0.25, 0.3) is 16.8 Å². The maximum atomic E-state index is 5.95. The van der Waals surface area contributed by atoms with E-state index in [-0.39, 0.29) is 0 Å². The van der Waals surface area contributed by atoms with Crippen molar-refractivity contribution >= 4 is 5.52 Å². The average Bonchev–Trinajstić information content (AvgIpc) is 3.11. The predicted molar refractivity (Wildman–Crippen MR) is 103 cm³/mol. The summed E-state index contributed by atoms with van der Waals surface area (Å²) in [6.07, 6.45) is 6.24. The Morgan fingerprint density at radius 2 is 2.22 bits per heavy atom. The zero-order valence-corrected chi connectivity index (χ0v) is 15.3. The molecule has 0 spiro atoms. The second kappa shape index (κ2) is 7.29. The normalized spacial score (nSPS) is 20.5. The molecule has 2 saturated heterocycles. The number of fused-ring (bicyclic) bond motifs is 1. The molecule has 1 unspecified atom stereocenters. The molecule has 2 aliphatic rings. The maximum absolute atomic E-state index is 5.95. The quantitative estimate of drug-likeness (QED) is 0.754. The number of hydrogen-bond acceptors (Lipinski definition) is 5. The van der Waals surface area contributed by atoms with Crippen molar-refractivity contribution in [3.63, 3.8) is 0 Å². The van der Waals surface area contributed by atoms with Crippen molar-refractivity contribution in [1.29, 1.82) is 0 Å². The minimum absolute atomic E-state index is 0.490. The van der Waals surface area contributed by atoms with Gasteiger partial charge in [-0.3, -0.25) is 4.98 Å². The van der Waals surface area contributed by atoms with E-state index < -0.39 is 0 Å². The van der Waals surface area contributed by atoms with Crippen LogP contribution < -0.4 is 10.1 Å². The molecule has 27 heavy (non-hydrogen) atoms. The third-order valence-electron chi connectivity index (χ3n) is 5.45. The van der Waals surface area contributed by atoms with Crippen molar-refractivity contribution in [2.45, 2.75) is 18.8 Å². The Labute approximate surface area is 158 Å². The molecule has 2 aliphatic heterocycles. The van der Waals surface area contributed by atoms with Crippen LogP contribution in [0.15, 0.2) is 42.7 Å². The monoisotopic (exact) mass is 364 g/mol. The first kappa shape index (κ1) is 16.7. The number of pyridine rings is 2. The summed E-state index contributed by atoms with van der Waals surface area (Å²) in [5.41, 5.74) is 4.19. The van der Waals surface area contributed by atoms with Crippen LogP contribution in [0.3, 0.4) is 0 Å². The third-order valence-corrected chi connectivity index (χ3v) is 5.45. The van der Waals surface area contributed by atoms with E-state index in [0.29, 0.717) is 18.4 Å². The summed E-state index contributed by atoms with van der Waals surface area (Å²) in [4.78, 5) is 4.96. The van der Waals surface area contributed by atoms with Crippen LogP contribution in [-0.4, -0.2) is 47.5 Å². The average molecular weight is 364 g/mol. The molecule has 0 bridgehead atoms. The van der Waals surface area contributed by atoms with Crippen molar-refractivity contribution in [3.8, 4) is 17.0 Å². The minimum atomic E-state index is 0.490. The van der Waals surface area contributed by atoms with E-state index in [2.05, 4.69) is 34.7 Å². The van der Waals surface area contributed by atoms with Gasteiger partial charge in [-0.05, 0) is 37.6 Å². The molecule has 3 aromatic rings. The molecule has 6 nitrogen and oxygen atoms in total. The van der Waals surface area contributed by atoms with Crippen molar-refractivity contribution in [2.75, 3.05) is 32.9 Å². The Bertz CT molecular complexity index is 929. The Balaban J connectivity index is 1.43. The lowest BCUT2D eigenvalue weighted by molar-refractivity contribution is -0.0508. The summed E-state index contributed by atoms with van der Waals surface area (Å²) in [6, 6.07) is 10.3. The van der Waals surface area contributed by atoms with E-state index in [1.54, 1.807) is 0 Å². The second-order valence-electron chi connectivity index (χ2n) is 7.46. The van der Waals surface area contributed by atoms with Gasteiger partial charge in [-0.15, -0.1) is 0 Å². The molecule has 0 aliphatic carbocycles. The first-order chi connectivity index (χ1) is 13.4. The topological polar surface area (TPSA) is 60.7 Å². The molecular weight excluding hydrogens is 340 g/mol. The van der Waals surface area contributed by atoms with Crippen LogP contribution in [0.5, 0.6) is 5.75 Å². The lowest BCUT2D eigenvalue weighted by Crippen LogP contribution is -2.32. The Hall–Kier alpha value is -2.44. The first-order valence-electron chi connectivity index (χ1n) is 9.73. The molecule has 140 valence electrons. The largest absolute Gasteiger partial charge is 0.493 e. The molecule has 0 saturated carbocycles. The van der Waals surface area contributed by atoms with Crippen molar-refractivity contribution in [1.82, 2.24) is 19.9 Å². The molecule has 5 heterocycles. The van der Waals surface area contributed by atoms with Crippen LogP contribution in [0.4, 0.5) is 0 Å². The highest BCUT2D eigenvalue weighted by Crippen LogP contribution is 2.29. The smallest absolute Gasteiger partial charge is 0.123 e. The summed E-state index contributed by atoms with van der Waals surface area (Å²) in [5, 5.41) is 7.97. The Morgan fingerprint density at radius 3 is 3.04 bits per heavy atom. The second-order valence-corrected chi connectivity index (χ2v) is 7.46. The van der Waals surface area contributed by atoms with Gasteiger partial charge in [-0.25, -0.2) is 4.52 Å². The molecule has 0 aromatic carbocycles. The number of nitrogens with one attached hydrogen (secondary N) is 1. The zero-order valence-electron chi connectivity index (χ0n) is 15.3. The number of aromatic nitrogens is 3. The van der Waals surface area contributed by atoms with Crippen molar-refractivity contribution in [3.05, 3.63) is 48.4 Å². The van der Waals surface area contributed by atoms with Gasteiger partial charge in [0.05, 0.1) is 37.2 Å². The summed E-state index contributed by atoms with van der Waals surface area (Å²) in [7, 11) is 0. The lowest BCUT2D eigenvalue weighted by Gasteiger charge is -2.25. The minimum Gasteiger partial charge on any atom is -0.493 e. The molecule has 6 heteroatoms. The van der Waals surface area contributed by atoms with E-state index in [0.717, 1.165) is 54.5 Å². The number of piperidine rings is 1. The van der Waals surface area contributed by atoms with Gasteiger partial charge in [0.2, 0.25) is 0 Å². The molecule has 5 rings (SSSR count). The molecule has 2 fully saturated rings. The molecule has 1 atom stereocenters. The predicted octanol–water partition coefficient (Wildman–Crippen LogP) is 2.89.